The molecule has 0 aromatic heterocycles. The molecule has 2 bridgehead atoms. The maximum atomic E-state index is 12.7. The summed E-state index contributed by atoms with van der Waals surface area (Å²) < 4.78 is 0. The van der Waals surface area contributed by atoms with Crippen LogP contribution in [-0.2, 0) is 22.7 Å². The summed E-state index contributed by atoms with van der Waals surface area (Å²) in [5.74, 6) is 0.230. The molecule has 1 aliphatic rings. The molecule has 3 rings (SSSR count). The molecule has 2 aromatic carbocycles. The van der Waals surface area contributed by atoms with Gasteiger partial charge in [0.1, 0.15) is 0 Å². The Labute approximate surface area is 179 Å². The molecule has 0 saturated heterocycles. The van der Waals surface area contributed by atoms with Gasteiger partial charge in [0.05, 0.1) is 12.1 Å². The summed E-state index contributed by atoms with van der Waals surface area (Å²) in [6.07, 6.45) is 0. The van der Waals surface area contributed by atoms with E-state index < -0.39 is 0 Å². The van der Waals surface area contributed by atoms with Gasteiger partial charge in [0, 0.05) is 26.2 Å². The van der Waals surface area contributed by atoms with Crippen LogP contribution in [0.3, 0.4) is 0 Å². The van der Waals surface area contributed by atoms with Crippen molar-refractivity contribution in [1.29, 1.82) is 0 Å². The second-order valence-corrected chi connectivity index (χ2v) is 8.72. The summed E-state index contributed by atoms with van der Waals surface area (Å²) in [4.78, 5) is 25.4. The van der Waals surface area contributed by atoms with Gasteiger partial charge in [-0.15, -0.1) is 0 Å². The topological polar surface area (TPSA) is 82.3 Å². The number of carbonyl (C=O) groups excluding carboxylic acids is 2. The molecule has 6 nitrogen and oxygen atoms in total. The Morgan fingerprint density at radius 3 is 1.47 bits per heavy atom. The van der Waals surface area contributed by atoms with Crippen LogP contribution in [0.5, 0.6) is 0 Å². The fourth-order valence-corrected chi connectivity index (χ4v) is 4.03. The van der Waals surface area contributed by atoms with Crippen LogP contribution in [-0.4, -0.2) is 37.0 Å². The van der Waals surface area contributed by atoms with Gasteiger partial charge in [-0.1, -0.05) is 64.1 Å². The lowest BCUT2D eigenvalue weighted by Crippen LogP contribution is -2.51. The maximum Gasteiger partial charge on any atom is 0.237 e. The molecular formula is C24H34N4O2. The Bertz CT molecular complexity index is 821. The summed E-state index contributed by atoms with van der Waals surface area (Å²) in [5, 5.41) is 15.1. The Balaban J connectivity index is 1.97. The Hall–Kier alpha value is -2.44. The van der Waals surface area contributed by atoms with E-state index in [9.17, 15) is 9.59 Å². The second-order valence-electron chi connectivity index (χ2n) is 8.72. The molecule has 0 aliphatic carbocycles. The number of nitrogens with one attached hydrogen (secondary N) is 4. The van der Waals surface area contributed by atoms with E-state index in [0.717, 1.165) is 11.1 Å². The summed E-state index contributed by atoms with van der Waals surface area (Å²) in [6, 6.07) is 12.0. The molecule has 2 atom stereocenters. The van der Waals surface area contributed by atoms with Crippen LogP contribution in [0, 0.1) is 11.8 Å². The van der Waals surface area contributed by atoms with Crippen molar-refractivity contribution in [3.05, 3.63) is 47.5 Å². The van der Waals surface area contributed by atoms with E-state index in [0.29, 0.717) is 26.2 Å². The van der Waals surface area contributed by atoms with Crippen molar-refractivity contribution in [2.75, 3.05) is 13.1 Å². The third-order valence-electron chi connectivity index (χ3n) is 5.75. The molecule has 0 radical (unpaired) electrons. The van der Waals surface area contributed by atoms with Gasteiger partial charge in [0.15, 0.2) is 0 Å². The van der Waals surface area contributed by atoms with Crippen molar-refractivity contribution in [3.63, 3.8) is 0 Å². The number of hydrogen-bond donors (Lipinski definition) is 4. The van der Waals surface area contributed by atoms with Gasteiger partial charge in [-0.2, -0.15) is 0 Å². The zero-order valence-corrected chi connectivity index (χ0v) is 18.4. The molecule has 1 aliphatic heterocycles. The first kappa shape index (κ1) is 22.2. The number of amides is 2. The van der Waals surface area contributed by atoms with Crippen molar-refractivity contribution in [2.24, 2.45) is 11.8 Å². The Kier molecular flexibility index (Phi) is 7.45. The van der Waals surface area contributed by atoms with E-state index in [1.54, 1.807) is 0 Å². The minimum absolute atomic E-state index is 0.0363. The lowest BCUT2D eigenvalue weighted by atomic mass is 9.97. The molecule has 0 saturated carbocycles. The molecule has 2 amide bonds. The molecule has 0 unspecified atom stereocenters. The highest BCUT2D eigenvalue weighted by Crippen LogP contribution is 2.24. The standard InChI is InChI=1S/C24H34N4O2/c1-15(2)21-23(29)25-11-12-26-24(30)22(16(3)4)28-14-18-10-9-17(13-27-21)19-7-5-6-8-20(18)19/h5-10,15-16,21-22,27-28H,11-14H2,1-4H3,(H,25,29)(H,26,30)/t21-,22-/m0/s1. The molecule has 6 heteroatoms. The van der Waals surface area contributed by atoms with Gasteiger partial charge < -0.3 is 21.3 Å². The maximum absolute atomic E-state index is 12.7. The van der Waals surface area contributed by atoms with Crippen molar-refractivity contribution in [3.8, 4) is 0 Å². The number of fused-ring (bicyclic) bond motifs is 6. The fourth-order valence-electron chi connectivity index (χ4n) is 4.03. The zero-order chi connectivity index (χ0) is 21.7. The van der Waals surface area contributed by atoms with Gasteiger partial charge in [0.25, 0.3) is 0 Å². The monoisotopic (exact) mass is 410 g/mol. The van der Waals surface area contributed by atoms with E-state index in [4.69, 9.17) is 0 Å². The number of carbonyl (C=O) groups is 2. The molecule has 0 fully saturated rings. The lowest BCUT2D eigenvalue weighted by molar-refractivity contribution is -0.126. The SMILES string of the molecule is CC(C)[C@@H]1NCc2ccc(c3ccccc23)CN[C@@H](C(C)C)C(=O)NCCNC1=O. The quantitative estimate of drug-likeness (QED) is 0.612. The highest BCUT2D eigenvalue weighted by atomic mass is 16.2. The van der Waals surface area contributed by atoms with Crippen molar-refractivity contribution in [1.82, 2.24) is 21.3 Å². The van der Waals surface area contributed by atoms with Gasteiger partial charge in [-0.25, -0.2) is 0 Å². The van der Waals surface area contributed by atoms with Crippen molar-refractivity contribution < 1.29 is 9.59 Å². The molecule has 1 heterocycles. The molecule has 2 aromatic rings. The second kappa shape index (κ2) is 10.0. The van der Waals surface area contributed by atoms with Gasteiger partial charge in [-0.05, 0) is 33.7 Å². The fraction of sp³-hybridized carbons (Fsp3) is 0.500. The average Bonchev–Trinajstić information content (AvgIpc) is 2.71. The molecule has 0 spiro atoms. The summed E-state index contributed by atoms with van der Waals surface area (Å²) in [7, 11) is 0. The predicted octanol–water partition coefficient (Wildman–Crippen LogP) is 2.31. The van der Waals surface area contributed by atoms with Crippen LogP contribution in [0.15, 0.2) is 36.4 Å². The highest BCUT2D eigenvalue weighted by molar-refractivity contribution is 5.89. The third kappa shape index (κ3) is 5.18. The van der Waals surface area contributed by atoms with E-state index >= 15 is 0 Å². The average molecular weight is 411 g/mol. The normalized spacial score (nSPS) is 21.8. The first-order valence-corrected chi connectivity index (χ1v) is 10.9. The predicted molar refractivity (Wildman–Crippen MR) is 121 cm³/mol. The first-order valence-electron chi connectivity index (χ1n) is 10.9. The van der Waals surface area contributed by atoms with E-state index in [2.05, 4.69) is 45.5 Å². The van der Waals surface area contributed by atoms with Crippen LogP contribution in [0.2, 0.25) is 0 Å². The van der Waals surface area contributed by atoms with E-state index in [1.165, 1.54) is 10.8 Å². The van der Waals surface area contributed by atoms with Crippen LogP contribution in [0.1, 0.15) is 38.8 Å². The van der Waals surface area contributed by atoms with E-state index in [1.807, 2.05) is 39.8 Å². The van der Waals surface area contributed by atoms with Crippen LogP contribution < -0.4 is 21.3 Å². The summed E-state index contributed by atoms with van der Waals surface area (Å²) in [5.41, 5.74) is 2.33. The molecule has 4 N–H and O–H groups in total. The highest BCUT2D eigenvalue weighted by Gasteiger charge is 2.24. The number of benzene rings is 2. The van der Waals surface area contributed by atoms with Crippen LogP contribution in [0.25, 0.3) is 10.8 Å². The van der Waals surface area contributed by atoms with Gasteiger partial charge in [0.2, 0.25) is 11.8 Å². The molecule has 162 valence electrons. The molecular weight excluding hydrogens is 376 g/mol. The minimum Gasteiger partial charge on any atom is -0.353 e. The van der Waals surface area contributed by atoms with Crippen molar-refractivity contribution >= 4 is 22.6 Å². The van der Waals surface area contributed by atoms with Gasteiger partial charge >= 0.3 is 0 Å². The third-order valence-corrected chi connectivity index (χ3v) is 5.75. The smallest absolute Gasteiger partial charge is 0.237 e. The number of rotatable bonds is 2. The molecule has 30 heavy (non-hydrogen) atoms. The van der Waals surface area contributed by atoms with Crippen molar-refractivity contribution in [2.45, 2.75) is 52.9 Å². The summed E-state index contributed by atoms with van der Waals surface area (Å²) >= 11 is 0. The van der Waals surface area contributed by atoms with Crippen LogP contribution in [0.4, 0.5) is 0 Å². The minimum atomic E-state index is -0.294. The lowest BCUT2D eigenvalue weighted by Gasteiger charge is -2.25. The zero-order valence-electron chi connectivity index (χ0n) is 18.4. The largest absolute Gasteiger partial charge is 0.353 e. The number of hydrogen-bond acceptors (Lipinski definition) is 4. The Morgan fingerprint density at radius 1 is 0.700 bits per heavy atom. The van der Waals surface area contributed by atoms with Gasteiger partial charge in [-0.3, -0.25) is 9.59 Å². The van der Waals surface area contributed by atoms with Crippen LogP contribution >= 0.6 is 0 Å². The Morgan fingerprint density at radius 2 is 1.10 bits per heavy atom. The van der Waals surface area contributed by atoms with E-state index in [-0.39, 0.29) is 35.7 Å². The first-order chi connectivity index (χ1) is 14.4. The summed E-state index contributed by atoms with van der Waals surface area (Å²) in [6.45, 7) is 10.2.